The van der Waals surface area contributed by atoms with Crippen molar-refractivity contribution in [2.24, 2.45) is 0 Å². The van der Waals surface area contributed by atoms with Crippen molar-refractivity contribution >= 4 is 26.4 Å². The van der Waals surface area contributed by atoms with Gasteiger partial charge in [-0.3, -0.25) is 4.90 Å². The second-order valence-electron chi connectivity index (χ2n) is 9.00. The van der Waals surface area contributed by atoms with Gasteiger partial charge in [-0.25, -0.2) is 8.42 Å². The van der Waals surface area contributed by atoms with Crippen molar-refractivity contribution in [3.63, 3.8) is 0 Å². The molecule has 1 atom stereocenters. The van der Waals surface area contributed by atoms with Crippen molar-refractivity contribution < 1.29 is 12.8 Å². The zero-order valence-corrected chi connectivity index (χ0v) is 20.2. The average molecular weight is 472 g/mol. The molecular weight excluding hydrogens is 442 g/mol. The molecule has 1 unspecified atom stereocenters. The Balaban J connectivity index is 1.31. The molecule has 5 rings (SSSR count). The molecule has 4 nitrogen and oxygen atoms in total. The summed E-state index contributed by atoms with van der Waals surface area (Å²) in [6.07, 6.45) is 5.48. The summed E-state index contributed by atoms with van der Waals surface area (Å²) in [5, 5.41) is 0.548. The van der Waals surface area contributed by atoms with Gasteiger partial charge in [0.15, 0.2) is 9.84 Å². The van der Waals surface area contributed by atoms with E-state index in [0.29, 0.717) is 11.3 Å². The van der Waals surface area contributed by atoms with Crippen molar-refractivity contribution in [1.82, 2.24) is 4.90 Å². The highest BCUT2D eigenvalue weighted by Gasteiger charge is 2.29. The Morgan fingerprint density at radius 3 is 2.50 bits per heavy atom. The maximum absolute atomic E-state index is 13.6. The fourth-order valence-electron chi connectivity index (χ4n) is 4.69. The number of hydrogen-bond donors (Lipinski definition) is 0. The number of nitrogens with zero attached hydrogens (tertiary/aromatic N) is 1. The molecule has 1 aromatic heterocycles. The van der Waals surface area contributed by atoms with E-state index in [2.05, 4.69) is 29.2 Å². The Morgan fingerprint density at radius 2 is 1.76 bits per heavy atom. The summed E-state index contributed by atoms with van der Waals surface area (Å²) >= 11 is 0. The summed E-state index contributed by atoms with van der Waals surface area (Å²) in [6.45, 7) is 4.42. The molecular formula is C29H29NO3S. The first kappa shape index (κ1) is 22.6. The molecule has 2 heterocycles. The number of rotatable bonds is 7. The topological polar surface area (TPSA) is 50.5 Å². The van der Waals surface area contributed by atoms with E-state index in [1.54, 1.807) is 18.4 Å². The minimum atomic E-state index is -3.49. The van der Waals surface area contributed by atoms with Crippen LogP contribution in [0.1, 0.15) is 34.8 Å². The summed E-state index contributed by atoms with van der Waals surface area (Å²) in [4.78, 5) is 2.73. The number of sulfone groups is 1. The number of fused-ring (bicyclic) bond motifs is 1. The van der Waals surface area contributed by atoms with Gasteiger partial charge in [-0.1, -0.05) is 66.2 Å². The third-order valence-electron chi connectivity index (χ3n) is 6.72. The predicted molar refractivity (Wildman–Crippen MR) is 137 cm³/mol. The minimum Gasteiger partial charge on any atom is -0.464 e. The molecule has 0 fully saturated rings. The Bertz CT molecular complexity index is 1400. The van der Waals surface area contributed by atoms with E-state index in [-0.39, 0.29) is 0 Å². The standard InChI is InChI=1S/C29H29NO3S/c1-22-7-11-27(12-8-22)34(31,32)29(25-5-3-2-4-6-25)15-19-30-17-13-23(14-18-30)26-10-9-24-16-20-33-28(24)21-26/h2-13,16,20-21,29H,14-15,17-19H2,1H3. The van der Waals surface area contributed by atoms with E-state index >= 15 is 0 Å². The van der Waals surface area contributed by atoms with Crippen LogP contribution in [0.5, 0.6) is 0 Å². The number of hydrogen-bond acceptors (Lipinski definition) is 4. The van der Waals surface area contributed by atoms with Crippen LogP contribution in [0, 0.1) is 6.92 Å². The van der Waals surface area contributed by atoms with Crippen LogP contribution in [-0.4, -0.2) is 33.0 Å². The predicted octanol–water partition coefficient (Wildman–Crippen LogP) is 6.44. The van der Waals surface area contributed by atoms with E-state index in [9.17, 15) is 8.42 Å². The molecule has 34 heavy (non-hydrogen) atoms. The van der Waals surface area contributed by atoms with Gasteiger partial charge in [0.05, 0.1) is 16.4 Å². The van der Waals surface area contributed by atoms with Crippen LogP contribution in [-0.2, 0) is 9.84 Å². The average Bonchev–Trinajstić information content (AvgIpc) is 3.33. The smallest absolute Gasteiger partial charge is 0.185 e. The van der Waals surface area contributed by atoms with Crippen LogP contribution in [0.15, 0.2) is 101 Å². The van der Waals surface area contributed by atoms with E-state index in [1.165, 1.54) is 11.1 Å². The van der Waals surface area contributed by atoms with Crippen LogP contribution in [0.2, 0.25) is 0 Å². The van der Waals surface area contributed by atoms with Gasteiger partial charge < -0.3 is 4.42 Å². The van der Waals surface area contributed by atoms with E-state index in [0.717, 1.165) is 48.2 Å². The number of aryl methyl sites for hydroxylation is 1. The van der Waals surface area contributed by atoms with Gasteiger partial charge in [0, 0.05) is 25.0 Å². The van der Waals surface area contributed by atoms with Gasteiger partial charge in [0.25, 0.3) is 0 Å². The third-order valence-corrected chi connectivity index (χ3v) is 8.91. The fourth-order valence-corrected chi connectivity index (χ4v) is 6.47. The molecule has 0 N–H and O–H groups in total. The molecule has 0 saturated carbocycles. The van der Waals surface area contributed by atoms with Crippen LogP contribution in [0.25, 0.3) is 16.5 Å². The summed E-state index contributed by atoms with van der Waals surface area (Å²) < 4.78 is 32.8. The van der Waals surface area contributed by atoms with Gasteiger partial charge in [-0.05, 0) is 60.7 Å². The lowest BCUT2D eigenvalue weighted by Crippen LogP contribution is -2.31. The molecule has 5 heteroatoms. The third kappa shape index (κ3) is 4.72. The monoisotopic (exact) mass is 471 g/mol. The zero-order chi connectivity index (χ0) is 23.5. The van der Waals surface area contributed by atoms with Crippen molar-refractivity contribution in [2.45, 2.75) is 29.9 Å². The molecule has 0 radical (unpaired) electrons. The normalized spacial score (nSPS) is 15.9. The highest BCUT2D eigenvalue weighted by molar-refractivity contribution is 7.91. The minimum absolute atomic E-state index is 0.390. The van der Waals surface area contributed by atoms with Gasteiger partial charge in [0.2, 0.25) is 0 Å². The van der Waals surface area contributed by atoms with Crippen molar-refractivity contribution in [2.75, 3.05) is 19.6 Å². The molecule has 0 amide bonds. The van der Waals surface area contributed by atoms with Crippen molar-refractivity contribution in [1.29, 1.82) is 0 Å². The quantitative estimate of drug-likeness (QED) is 0.311. The Hall–Kier alpha value is -3.15. The zero-order valence-electron chi connectivity index (χ0n) is 19.4. The molecule has 1 aliphatic rings. The Labute approximate surface area is 201 Å². The second-order valence-corrected chi connectivity index (χ2v) is 11.1. The van der Waals surface area contributed by atoms with Gasteiger partial charge in [0.1, 0.15) is 5.58 Å². The summed E-state index contributed by atoms with van der Waals surface area (Å²) in [5.74, 6) is 0. The highest BCUT2D eigenvalue weighted by atomic mass is 32.2. The molecule has 0 spiro atoms. The van der Waals surface area contributed by atoms with Gasteiger partial charge in [-0.2, -0.15) is 0 Å². The lowest BCUT2D eigenvalue weighted by molar-refractivity contribution is 0.296. The lowest BCUT2D eigenvalue weighted by atomic mass is 9.98. The van der Waals surface area contributed by atoms with Crippen molar-refractivity contribution in [3.8, 4) is 0 Å². The second kappa shape index (κ2) is 9.61. The molecule has 4 aromatic rings. The van der Waals surface area contributed by atoms with E-state index in [4.69, 9.17) is 4.42 Å². The van der Waals surface area contributed by atoms with Crippen LogP contribution in [0.3, 0.4) is 0 Å². The SMILES string of the molecule is Cc1ccc(S(=O)(=O)C(CCN2CC=C(c3ccc4ccoc4c3)CC2)c2ccccc2)cc1. The number of benzene rings is 3. The number of furan rings is 1. The maximum Gasteiger partial charge on any atom is 0.185 e. The van der Waals surface area contributed by atoms with Crippen LogP contribution in [0.4, 0.5) is 0 Å². The van der Waals surface area contributed by atoms with E-state index in [1.807, 2.05) is 55.5 Å². The first-order chi connectivity index (χ1) is 16.5. The molecule has 0 aliphatic carbocycles. The molecule has 1 aliphatic heterocycles. The summed E-state index contributed by atoms with van der Waals surface area (Å²) in [6, 6.07) is 25.1. The van der Waals surface area contributed by atoms with Crippen LogP contribution < -0.4 is 0 Å². The summed E-state index contributed by atoms with van der Waals surface area (Å²) in [5.41, 5.74) is 5.33. The fraction of sp³-hybridized carbons (Fsp3) is 0.241. The lowest BCUT2D eigenvalue weighted by Gasteiger charge is -2.28. The van der Waals surface area contributed by atoms with Crippen LogP contribution >= 0.6 is 0 Å². The first-order valence-corrected chi connectivity index (χ1v) is 13.3. The summed E-state index contributed by atoms with van der Waals surface area (Å²) in [7, 11) is -3.49. The first-order valence-electron chi connectivity index (χ1n) is 11.8. The van der Waals surface area contributed by atoms with Gasteiger partial charge in [-0.15, -0.1) is 0 Å². The highest BCUT2D eigenvalue weighted by Crippen LogP contribution is 2.33. The van der Waals surface area contributed by atoms with Crippen molar-refractivity contribution in [3.05, 3.63) is 108 Å². The molecule has 3 aromatic carbocycles. The maximum atomic E-state index is 13.6. The Morgan fingerprint density at radius 1 is 0.971 bits per heavy atom. The molecule has 174 valence electrons. The molecule has 0 bridgehead atoms. The largest absolute Gasteiger partial charge is 0.464 e. The van der Waals surface area contributed by atoms with E-state index < -0.39 is 15.1 Å². The Kier molecular flexibility index (Phi) is 6.40. The molecule has 0 saturated heterocycles. The van der Waals surface area contributed by atoms with Gasteiger partial charge >= 0.3 is 0 Å².